The molecule has 0 unspecified atom stereocenters. The largest absolute Gasteiger partial charge is 0.460 e. The van der Waals surface area contributed by atoms with Crippen molar-refractivity contribution in [1.82, 2.24) is 70.7 Å². The summed E-state index contributed by atoms with van der Waals surface area (Å²) in [6, 6.07) is 31.3. The first kappa shape index (κ1) is 98.7. The van der Waals surface area contributed by atoms with Gasteiger partial charge < -0.3 is 77.5 Å². The molecule has 0 bridgehead atoms. The summed E-state index contributed by atoms with van der Waals surface area (Å²) in [7, 11) is 16.3. The summed E-state index contributed by atoms with van der Waals surface area (Å²) in [5.41, 5.74) is 18.0. The van der Waals surface area contributed by atoms with Crippen molar-refractivity contribution >= 4 is 105 Å². The molecule has 127 heavy (non-hydrogen) atoms. The maximum Gasteiger partial charge on any atom is 0.320 e. The van der Waals surface area contributed by atoms with Crippen molar-refractivity contribution in [2.45, 2.75) is 161 Å². The second kappa shape index (κ2) is 43.7. The van der Waals surface area contributed by atoms with Crippen LogP contribution in [0.4, 0.5) is 87.1 Å². The third-order valence-electron chi connectivity index (χ3n) is 20.2. The quantitative estimate of drug-likeness (QED) is 0.0213. The number of nitrogens with two attached hydrogens (primary N) is 1. The molecular formula is C92H126N30O5. The molecular weight excluding hydrogens is 1610 g/mol. The molecule has 2 fully saturated rings. The van der Waals surface area contributed by atoms with Crippen molar-refractivity contribution < 1.29 is 24.0 Å². The monoisotopic (exact) mass is 1730 g/mol. The zero-order chi connectivity index (χ0) is 93.6. The molecule has 4 aromatic carbocycles. The van der Waals surface area contributed by atoms with E-state index in [1.807, 2.05) is 106 Å². The third-order valence-corrected chi connectivity index (χ3v) is 20.2. The van der Waals surface area contributed by atoms with Crippen molar-refractivity contribution in [3.8, 4) is 41.7 Å². The second-order valence-electron chi connectivity index (χ2n) is 36.7. The van der Waals surface area contributed by atoms with Crippen LogP contribution in [0, 0.1) is 94.7 Å². The minimum Gasteiger partial charge on any atom is -0.460 e. The first-order chi connectivity index (χ1) is 59.9. The Morgan fingerprint density at radius 3 is 1.23 bits per heavy atom. The highest BCUT2D eigenvalue weighted by atomic mass is 16.6. The van der Waals surface area contributed by atoms with E-state index in [1.165, 1.54) is 26.3 Å². The second-order valence-corrected chi connectivity index (χ2v) is 36.7. The first-order valence-electron chi connectivity index (χ1n) is 42.2. The first-order valence-corrected chi connectivity index (χ1v) is 42.2. The predicted molar refractivity (Wildman–Crippen MR) is 504 cm³/mol. The number of carbonyl (C=O) groups excluding carboxylic acids is 3. The number of piperidine rings is 1. The molecule has 6 heterocycles. The van der Waals surface area contributed by atoms with Crippen molar-refractivity contribution in [2.24, 2.45) is 27.4 Å². The maximum absolute atomic E-state index is 12.2. The zero-order valence-corrected chi connectivity index (χ0v) is 78.3. The van der Waals surface area contributed by atoms with Crippen LogP contribution in [0.3, 0.4) is 0 Å². The van der Waals surface area contributed by atoms with Crippen LogP contribution in [0.5, 0.6) is 6.01 Å². The number of rotatable bonds is 27. The number of aromatic amines is 1. The van der Waals surface area contributed by atoms with Gasteiger partial charge in [-0.3, -0.25) is 24.3 Å². The number of primary amides is 1. The number of ether oxygens (including phenoxy) is 1. The van der Waals surface area contributed by atoms with Crippen LogP contribution in [0.2, 0.25) is 0 Å². The minimum atomic E-state index is -0.521. The van der Waals surface area contributed by atoms with E-state index in [2.05, 4.69) is 217 Å². The van der Waals surface area contributed by atoms with E-state index in [9.17, 15) is 35.4 Å². The summed E-state index contributed by atoms with van der Waals surface area (Å²) >= 11 is 0. The average molecular weight is 1730 g/mol. The van der Waals surface area contributed by atoms with E-state index >= 15 is 0 Å². The number of amides is 3. The number of H-pyrrole nitrogens is 1. The number of likely N-dealkylation sites (tertiary alicyclic amines) is 1. The number of nitrogens with zero attached hydrogens (tertiary/aromatic N) is 19. The van der Waals surface area contributed by atoms with Crippen LogP contribution in [0.1, 0.15) is 197 Å². The average Bonchev–Trinajstić information content (AvgIpc) is 1.30. The molecule has 12 N–H and O–H groups in total. The van der Waals surface area contributed by atoms with Gasteiger partial charge in [-0.2, -0.15) is 66.0 Å². The lowest BCUT2D eigenvalue weighted by Crippen LogP contribution is -2.36. The fourth-order valence-corrected chi connectivity index (χ4v) is 14.4. The van der Waals surface area contributed by atoms with Gasteiger partial charge in [-0.1, -0.05) is 126 Å². The molecule has 1 saturated carbocycles. The normalized spacial score (nSPS) is 12.8. The Morgan fingerprint density at radius 1 is 0.496 bits per heavy atom. The van der Waals surface area contributed by atoms with Crippen LogP contribution in [0.15, 0.2) is 79.1 Å². The smallest absolute Gasteiger partial charge is 0.320 e. The fraction of sp³-hybridized carbons (Fsp3) is 0.467. The number of anilines is 15. The molecule has 674 valence electrons. The van der Waals surface area contributed by atoms with E-state index in [0.29, 0.717) is 152 Å². The van der Waals surface area contributed by atoms with E-state index in [4.69, 9.17) is 20.3 Å². The number of aryl methyl sites for hydroxylation is 4. The molecule has 0 radical (unpaired) electrons. The van der Waals surface area contributed by atoms with Crippen LogP contribution in [-0.4, -0.2) is 193 Å². The Hall–Kier alpha value is -13.8. The molecule has 9 aromatic rings. The molecule has 35 nitrogen and oxygen atoms in total. The number of aromatic nitrogens is 11. The third kappa shape index (κ3) is 28.4. The standard InChI is InChI=1S/C26H37N7O2.C25H35N7O2.C21H27N9.C20H27N7O/c1-17-8-9-18(24(34)28-5)14-21(17)29-22-20(15-27)23(33(7)16-26(2,3)4)31-25(30-22)35-19-10-12-32(6)13-11-19;1-16-11-12-17(23(33)31-34-6)13-20(16)28-21-19(14-26)22(32(5)15-25(2,3)4)30-24(29-21)27-18-9-7-8-10-18;1-13-7-8-14(17-24-12-25-29-17)9-16(13)26-18-15(10-22)19(28-20(23-5)27-18)30(6)11-21(2,3)4;1-12-7-8-13(16(22)28)9-15(12)24-17-14(10-21)18(26-19(23-5)25-17)27(6)11-20(2,3)4/h8-9,14,19H,10-13,16H2,1-7H3,(H,28,34)(H,29,30,31);11-13,18H,7-10,15H2,1-6H3,(H,31,33)(H2,27,28,29,30);7-9,12H,11H2,1-6H3,(H,24,25,29)(H2,23,26,27,28);7-9H,11H2,1-6H3,(H2,22,28)(H2,23,24,25,26). The summed E-state index contributed by atoms with van der Waals surface area (Å²) in [5.74, 6) is 4.71. The van der Waals surface area contributed by atoms with Gasteiger partial charge in [-0.25, -0.2) is 10.5 Å². The lowest BCUT2D eigenvalue weighted by Gasteiger charge is -2.30. The Morgan fingerprint density at radius 2 is 0.858 bits per heavy atom. The lowest BCUT2D eigenvalue weighted by atomic mass is 9.96. The molecule has 0 atom stereocenters. The molecule has 0 spiro atoms. The number of nitrogens with one attached hydrogen (secondary N) is 10. The summed E-state index contributed by atoms with van der Waals surface area (Å²) < 4.78 is 6.22. The number of hydrogen-bond acceptors (Lipinski definition) is 31. The zero-order valence-electron chi connectivity index (χ0n) is 78.3. The van der Waals surface area contributed by atoms with Crippen molar-refractivity contribution in [3.63, 3.8) is 0 Å². The molecule has 5 aromatic heterocycles. The van der Waals surface area contributed by atoms with Crippen molar-refractivity contribution in [2.75, 3.05) is 160 Å². The lowest BCUT2D eigenvalue weighted by molar-refractivity contribution is 0.0537. The molecule has 1 aliphatic heterocycles. The molecule has 1 aliphatic carbocycles. The predicted octanol–water partition coefficient (Wildman–Crippen LogP) is 15.0. The number of benzene rings is 4. The van der Waals surface area contributed by atoms with Gasteiger partial charge in [-0.05, 0) is 147 Å². The van der Waals surface area contributed by atoms with Gasteiger partial charge in [0.25, 0.3) is 11.8 Å². The van der Waals surface area contributed by atoms with Crippen LogP contribution >= 0.6 is 0 Å². The fourth-order valence-electron chi connectivity index (χ4n) is 14.4. The van der Waals surface area contributed by atoms with Gasteiger partial charge in [0, 0.05) is 140 Å². The van der Waals surface area contributed by atoms with Gasteiger partial charge in [0.2, 0.25) is 23.8 Å². The molecule has 11 rings (SSSR count). The highest BCUT2D eigenvalue weighted by Gasteiger charge is 2.30. The number of carbonyl (C=O) groups is 3. The van der Waals surface area contributed by atoms with Crippen molar-refractivity contribution in [1.29, 1.82) is 21.0 Å². The van der Waals surface area contributed by atoms with Crippen LogP contribution in [-0.2, 0) is 4.84 Å². The van der Waals surface area contributed by atoms with E-state index in [1.54, 1.807) is 63.6 Å². The van der Waals surface area contributed by atoms with E-state index < -0.39 is 5.91 Å². The van der Waals surface area contributed by atoms with E-state index in [-0.39, 0.29) is 45.6 Å². The van der Waals surface area contributed by atoms with Gasteiger partial charge in [0.1, 0.15) is 59.0 Å². The number of nitriles is 4. The van der Waals surface area contributed by atoms with Gasteiger partial charge in [-0.15, -0.1) is 0 Å². The summed E-state index contributed by atoms with van der Waals surface area (Å²) in [5, 5.41) is 71.8. The Bertz CT molecular complexity index is 5490. The van der Waals surface area contributed by atoms with Crippen LogP contribution in [0.25, 0.3) is 11.4 Å². The van der Waals surface area contributed by atoms with E-state index in [0.717, 1.165) is 78.8 Å². The SMILES string of the molecule is CNC(=O)c1ccc(C)c(Nc2nc(OC3CCN(C)CC3)nc(N(C)CC(C)(C)C)c2C#N)c1.CNc1nc(Nc2cc(-c3ncn[nH]3)ccc2C)c(C#N)c(N(C)CC(C)(C)C)n1.CNc1nc(Nc2cc(C(N)=O)ccc2C)c(C#N)c(N(C)CC(C)(C)C)n1.CONC(=O)c1ccc(C)c(Nc2nc(NC3CCCC3)nc(N(C)CC(C)(C)C)c2C#N)c1. The Kier molecular flexibility index (Phi) is 34.0. The molecule has 3 amide bonds. The van der Waals surface area contributed by atoms with Gasteiger partial charge in [0.05, 0.1) is 7.11 Å². The maximum atomic E-state index is 12.2. The van der Waals surface area contributed by atoms with Gasteiger partial charge >= 0.3 is 6.01 Å². The summed E-state index contributed by atoms with van der Waals surface area (Å²) in [6.45, 7) is 38.2. The number of hydrogen-bond donors (Lipinski definition) is 11. The Labute approximate surface area is 747 Å². The molecule has 35 heteroatoms. The minimum absolute atomic E-state index is 0.00652. The summed E-state index contributed by atoms with van der Waals surface area (Å²) in [6.07, 6.45) is 7.80. The highest BCUT2D eigenvalue weighted by molar-refractivity contribution is 5.97. The van der Waals surface area contributed by atoms with Crippen molar-refractivity contribution in [3.05, 3.63) is 140 Å². The van der Waals surface area contributed by atoms with Crippen LogP contribution < -0.4 is 78.1 Å². The number of hydroxylamine groups is 1. The van der Waals surface area contributed by atoms with Gasteiger partial charge in [0.15, 0.2) is 52.4 Å². The Balaban J connectivity index is 0.000000210. The topological polar surface area (TPSA) is 460 Å². The summed E-state index contributed by atoms with van der Waals surface area (Å²) in [4.78, 5) is 91.8. The molecule has 2 aliphatic rings. The molecule has 1 saturated heterocycles. The highest BCUT2D eigenvalue weighted by Crippen LogP contribution is 2.38.